The minimum atomic E-state index is 0.0976. The van der Waals surface area contributed by atoms with Crippen LogP contribution in [-0.4, -0.2) is 9.67 Å². The average Bonchev–Trinajstić information content (AvgIpc) is 2.76. The minimum Gasteiger partial charge on any atom is -0.392 e. The van der Waals surface area contributed by atoms with E-state index in [1.807, 2.05) is 18.5 Å². The van der Waals surface area contributed by atoms with Gasteiger partial charge in [0.2, 0.25) is 0 Å². The molecule has 0 spiro atoms. The number of hydrogen-bond acceptors (Lipinski definition) is 1. The summed E-state index contributed by atoms with van der Waals surface area (Å²) in [5, 5.41) is 9.08. The first-order chi connectivity index (χ1) is 7.76. The fourth-order valence-electron chi connectivity index (χ4n) is 2.05. The summed E-state index contributed by atoms with van der Waals surface area (Å²) in [4.78, 5) is 0. The average molecular weight is 215 g/mol. The molecule has 0 atom stereocenters. The van der Waals surface area contributed by atoms with Gasteiger partial charge in [0.25, 0.3) is 0 Å². The second kappa shape index (κ2) is 4.54. The third kappa shape index (κ3) is 1.89. The molecule has 0 aliphatic carbocycles. The first-order valence-corrected chi connectivity index (χ1v) is 5.63. The van der Waals surface area contributed by atoms with Gasteiger partial charge in [0.15, 0.2) is 0 Å². The third-order valence-corrected chi connectivity index (χ3v) is 2.90. The molecule has 0 saturated carbocycles. The molecular formula is C14H17NO. The number of hydrogen-bond donors (Lipinski definition) is 1. The fraction of sp³-hybridized carbons (Fsp3) is 0.286. The first kappa shape index (κ1) is 11.0. The summed E-state index contributed by atoms with van der Waals surface area (Å²) in [5.41, 5.74) is 4.79. The molecule has 0 saturated heterocycles. The van der Waals surface area contributed by atoms with Crippen molar-refractivity contribution in [2.45, 2.75) is 26.9 Å². The molecule has 0 aliphatic rings. The summed E-state index contributed by atoms with van der Waals surface area (Å²) >= 11 is 0. The Kier molecular flexibility index (Phi) is 3.11. The molecule has 0 radical (unpaired) electrons. The van der Waals surface area contributed by atoms with E-state index in [0.29, 0.717) is 0 Å². The van der Waals surface area contributed by atoms with Crippen molar-refractivity contribution >= 4 is 0 Å². The zero-order valence-electron chi connectivity index (χ0n) is 9.77. The normalized spacial score (nSPS) is 10.7. The van der Waals surface area contributed by atoms with Crippen LogP contribution in [0.4, 0.5) is 0 Å². The summed E-state index contributed by atoms with van der Waals surface area (Å²) in [5.74, 6) is 0. The van der Waals surface area contributed by atoms with Gasteiger partial charge in [-0.15, -0.1) is 0 Å². The molecule has 0 bridgehead atoms. The summed E-state index contributed by atoms with van der Waals surface area (Å²) in [6.07, 6.45) is 5.01. The van der Waals surface area contributed by atoms with Crippen LogP contribution in [0.1, 0.15) is 23.6 Å². The van der Waals surface area contributed by atoms with Gasteiger partial charge < -0.3 is 9.67 Å². The number of aliphatic hydroxyl groups is 1. The van der Waals surface area contributed by atoms with Crippen molar-refractivity contribution in [1.82, 2.24) is 4.57 Å². The van der Waals surface area contributed by atoms with Crippen LogP contribution >= 0.6 is 0 Å². The molecule has 1 N–H and O–H groups in total. The predicted molar refractivity (Wildman–Crippen MR) is 65.8 cm³/mol. The van der Waals surface area contributed by atoms with E-state index in [9.17, 15) is 0 Å². The second-order valence-corrected chi connectivity index (χ2v) is 4.02. The summed E-state index contributed by atoms with van der Waals surface area (Å²) < 4.78 is 2.10. The van der Waals surface area contributed by atoms with Crippen LogP contribution in [0.25, 0.3) is 5.69 Å². The summed E-state index contributed by atoms with van der Waals surface area (Å²) in [6.45, 7) is 4.38. The van der Waals surface area contributed by atoms with Crippen molar-refractivity contribution in [3.05, 3.63) is 53.3 Å². The summed E-state index contributed by atoms with van der Waals surface area (Å²) in [7, 11) is 0. The predicted octanol–water partition coefficient (Wildman–Crippen LogP) is 2.84. The Morgan fingerprint density at radius 2 is 2.06 bits per heavy atom. The Morgan fingerprint density at radius 3 is 2.69 bits per heavy atom. The monoisotopic (exact) mass is 215 g/mol. The maximum Gasteiger partial charge on any atom is 0.0696 e. The molecule has 2 rings (SSSR count). The van der Waals surface area contributed by atoms with Gasteiger partial charge in [-0.25, -0.2) is 0 Å². The Balaban J connectivity index is 2.53. The van der Waals surface area contributed by atoms with Crippen molar-refractivity contribution in [3.63, 3.8) is 0 Å². The molecule has 2 nitrogen and oxygen atoms in total. The number of aryl methyl sites for hydroxylation is 2. The number of nitrogens with zero attached hydrogens (tertiary/aromatic N) is 1. The Labute approximate surface area is 96.2 Å². The van der Waals surface area contributed by atoms with E-state index in [0.717, 1.165) is 12.0 Å². The van der Waals surface area contributed by atoms with Gasteiger partial charge in [-0.3, -0.25) is 0 Å². The lowest BCUT2D eigenvalue weighted by atomic mass is 10.1. The lowest BCUT2D eigenvalue weighted by molar-refractivity contribution is 0.282. The second-order valence-electron chi connectivity index (χ2n) is 4.02. The van der Waals surface area contributed by atoms with Gasteiger partial charge in [-0.2, -0.15) is 0 Å². The van der Waals surface area contributed by atoms with E-state index in [-0.39, 0.29) is 6.61 Å². The highest BCUT2D eigenvalue weighted by atomic mass is 16.3. The maximum atomic E-state index is 9.08. The highest BCUT2D eigenvalue weighted by molar-refractivity contribution is 5.48. The lowest BCUT2D eigenvalue weighted by Crippen LogP contribution is -1.99. The maximum absolute atomic E-state index is 9.08. The van der Waals surface area contributed by atoms with Crippen LogP contribution in [0.3, 0.4) is 0 Å². The van der Waals surface area contributed by atoms with Crippen molar-refractivity contribution in [1.29, 1.82) is 0 Å². The van der Waals surface area contributed by atoms with Crippen LogP contribution in [0.5, 0.6) is 0 Å². The molecule has 0 fully saturated rings. The highest BCUT2D eigenvalue weighted by Gasteiger charge is 2.06. The van der Waals surface area contributed by atoms with Gasteiger partial charge in [0.05, 0.1) is 12.3 Å². The quantitative estimate of drug-likeness (QED) is 0.836. The van der Waals surface area contributed by atoms with Crippen LogP contribution in [-0.2, 0) is 13.0 Å². The van der Waals surface area contributed by atoms with Gasteiger partial charge >= 0.3 is 0 Å². The van der Waals surface area contributed by atoms with Crippen molar-refractivity contribution in [2.24, 2.45) is 0 Å². The molecular weight excluding hydrogens is 198 g/mol. The van der Waals surface area contributed by atoms with Gasteiger partial charge in [-0.05, 0) is 36.1 Å². The fourth-order valence-corrected chi connectivity index (χ4v) is 2.05. The SMILES string of the molecule is CCc1cccc(C)c1-n1ccc(CO)c1. The topological polar surface area (TPSA) is 25.2 Å². The molecule has 1 aromatic heterocycles. The molecule has 2 heteroatoms. The Morgan fingerprint density at radius 1 is 1.25 bits per heavy atom. The smallest absolute Gasteiger partial charge is 0.0696 e. The van der Waals surface area contributed by atoms with Crippen LogP contribution < -0.4 is 0 Å². The molecule has 0 amide bonds. The van der Waals surface area contributed by atoms with Crippen molar-refractivity contribution in [3.8, 4) is 5.69 Å². The number of aromatic nitrogens is 1. The van der Waals surface area contributed by atoms with Gasteiger partial charge in [-0.1, -0.05) is 25.1 Å². The van der Waals surface area contributed by atoms with E-state index in [1.165, 1.54) is 16.8 Å². The molecule has 84 valence electrons. The Hall–Kier alpha value is -1.54. The standard InChI is InChI=1S/C14H17NO/c1-3-13-6-4-5-11(2)14(13)15-8-7-12(9-15)10-16/h4-9,16H,3,10H2,1-2H3. The molecule has 2 aromatic rings. The van der Waals surface area contributed by atoms with E-state index < -0.39 is 0 Å². The molecule has 1 aromatic carbocycles. The Bertz CT molecular complexity index is 485. The zero-order valence-corrected chi connectivity index (χ0v) is 9.77. The lowest BCUT2D eigenvalue weighted by Gasteiger charge is -2.12. The first-order valence-electron chi connectivity index (χ1n) is 5.63. The van der Waals surface area contributed by atoms with E-state index in [2.05, 4.69) is 36.6 Å². The van der Waals surface area contributed by atoms with Crippen molar-refractivity contribution < 1.29 is 5.11 Å². The van der Waals surface area contributed by atoms with E-state index >= 15 is 0 Å². The number of aliphatic hydroxyl groups excluding tert-OH is 1. The summed E-state index contributed by atoms with van der Waals surface area (Å²) in [6, 6.07) is 8.31. The largest absolute Gasteiger partial charge is 0.392 e. The molecule has 0 unspecified atom stereocenters. The minimum absolute atomic E-state index is 0.0976. The van der Waals surface area contributed by atoms with E-state index in [1.54, 1.807) is 0 Å². The van der Waals surface area contributed by atoms with Crippen LogP contribution in [0.15, 0.2) is 36.7 Å². The van der Waals surface area contributed by atoms with Crippen LogP contribution in [0, 0.1) is 6.92 Å². The van der Waals surface area contributed by atoms with E-state index in [4.69, 9.17) is 5.11 Å². The van der Waals surface area contributed by atoms with Crippen molar-refractivity contribution in [2.75, 3.05) is 0 Å². The zero-order chi connectivity index (χ0) is 11.5. The van der Waals surface area contributed by atoms with Gasteiger partial charge in [0.1, 0.15) is 0 Å². The molecule has 16 heavy (non-hydrogen) atoms. The van der Waals surface area contributed by atoms with Crippen LogP contribution in [0.2, 0.25) is 0 Å². The number of para-hydroxylation sites is 1. The third-order valence-electron chi connectivity index (χ3n) is 2.90. The molecule has 0 aliphatic heterocycles. The van der Waals surface area contributed by atoms with Gasteiger partial charge in [0, 0.05) is 12.4 Å². The number of rotatable bonds is 3. The number of benzene rings is 1. The highest BCUT2D eigenvalue weighted by Crippen LogP contribution is 2.21. The molecule has 1 heterocycles.